The third-order valence-corrected chi connectivity index (χ3v) is 5.85. The van der Waals surface area contributed by atoms with Crippen molar-refractivity contribution in [2.75, 3.05) is 6.54 Å². The zero-order valence-corrected chi connectivity index (χ0v) is 14.8. The van der Waals surface area contributed by atoms with Gasteiger partial charge >= 0.3 is 5.97 Å². The van der Waals surface area contributed by atoms with E-state index in [1.54, 1.807) is 30.3 Å². The van der Waals surface area contributed by atoms with Gasteiger partial charge in [0.2, 0.25) is 17.7 Å². The first-order valence-corrected chi connectivity index (χ1v) is 8.93. The van der Waals surface area contributed by atoms with Crippen molar-refractivity contribution < 1.29 is 29.0 Å². The van der Waals surface area contributed by atoms with Gasteiger partial charge in [-0.2, -0.15) is 0 Å². The first kappa shape index (κ1) is 17.7. The van der Waals surface area contributed by atoms with Crippen LogP contribution in [0.1, 0.15) is 25.3 Å². The summed E-state index contributed by atoms with van der Waals surface area (Å²) in [6.07, 6.45) is 0.989. The molecule has 0 radical (unpaired) electrons. The van der Waals surface area contributed by atoms with Crippen LogP contribution in [0.25, 0.3) is 0 Å². The second-order valence-electron chi connectivity index (χ2n) is 7.45. The van der Waals surface area contributed by atoms with Gasteiger partial charge in [0.15, 0.2) is 5.54 Å². The Morgan fingerprint density at radius 2 is 1.70 bits per heavy atom. The number of hydrogen-bond acceptors (Lipinski definition) is 5. The first-order valence-electron chi connectivity index (χ1n) is 8.93. The van der Waals surface area contributed by atoms with Gasteiger partial charge in [0.25, 0.3) is 0 Å². The highest BCUT2D eigenvalue weighted by atomic mass is 16.5. The lowest BCUT2D eigenvalue weighted by atomic mass is 9.81. The molecule has 27 heavy (non-hydrogen) atoms. The van der Waals surface area contributed by atoms with Crippen molar-refractivity contribution in [3.05, 3.63) is 35.9 Å². The van der Waals surface area contributed by atoms with E-state index in [2.05, 4.69) is 5.32 Å². The van der Waals surface area contributed by atoms with Gasteiger partial charge in [0.1, 0.15) is 6.54 Å². The molecule has 0 aliphatic carbocycles. The summed E-state index contributed by atoms with van der Waals surface area (Å²) in [5, 5.41) is 12.1. The molecule has 0 spiro atoms. The fourth-order valence-corrected chi connectivity index (χ4v) is 4.41. The number of nitrogens with zero attached hydrogens (tertiary/aromatic N) is 1. The number of rotatable bonds is 5. The predicted molar refractivity (Wildman–Crippen MR) is 91.2 cm³/mol. The van der Waals surface area contributed by atoms with Crippen molar-refractivity contribution in [2.45, 2.75) is 37.5 Å². The highest BCUT2D eigenvalue weighted by Crippen LogP contribution is 2.48. The van der Waals surface area contributed by atoms with Gasteiger partial charge in [0.05, 0.1) is 24.0 Å². The normalized spacial score (nSPS) is 30.9. The van der Waals surface area contributed by atoms with Crippen LogP contribution in [0, 0.1) is 11.8 Å². The van der Waals surface area contributed by atoms with Crippen LogP contribution < -0.4 is 5.32 Å². The van der Waals surface area contributed by atoms with Gasteiger partial charge in [-0.1, -0.05) is 30.3 Å². The number of likely N-dealkylation sites (tertiary alicyclic amines) is 1. The number of hydrogen-bond donors (Lipinski definition) is 2. The quantitative estimate of drug-likeness (QED) is 0.717. The molecule has 5 unspecified atom stereocenters. The number of nitrogens with one attached hydrogen (secondary N) is 1. The lowest BCUT2D eigenvalue weighted by molar-refractivity contribution is -0.149. The Labute approximate surface area is 155 Å². The van der Waals surface area contributed by atoms with Gasteiger partial charge in [-0.15, -0.1) is 0 Å². The molecule has 3 saturated heterocycles. The summed E-state index contributed by atoms with van der Waals surface area (Å²) in [7, 11) is 0. The number of benzene rings is 1. The molecule has 1 aromatic rings. The van der Waals surface area contributed by atoms with Gasteiger partial charge < -0.3 is 15.2 Å². The van der Waals surface area contributed by atoms with E-state index in [9.17, 15) is 24.3 Å². The SMILES string of the molecule is CC(NC(=O)CN1C(=O)C2C3CCC(O3)C2C1=O)(C(=O)O)c1ccccc1. The molecule has 142 valence electrons. The topological polar surface area (TPSA) is 113 Å². The number of amides is 3. The smallest absolute Gasteiger partial charge is 0.333 e. The van der Waals surface area contributed by atoms with Gasteiger partial charge in [0, 0.05) is 0 Å². The molecular weight excluding hydrogens is 352 g/mol. The Morgan fingerprint density at radius 1 is 1.15 bits per heavy atom. The molecule has 4 rings (SSSR count). The number of imide groups is 1. The van der Waals surface area contributed by atoms with E-state index in [4.69, 9.17) is 4.74 Å². The van der Waals surface area contributed by atoms with Crippen molar-refractivity contribution in [3.63, 3.8) is 0 Å². The summed E-state index contributed by atoms with van der Waals surface area (Å²) < 4.78 is 5.66. The Morgan fingerprint density at radius 3 is 2.22 bits per heavy atom. The largest absolute Gasteiger partial charge is 0.479 e. The molecule has 3 heterocycles. The summed E-state index contributed by atoms with van der Waals surface area (Å²) in [5.41, 5.74) is -1.27. The number of carboxylic acids is 1. The number of carbonyl (C=O) groups excluding carboxylic acids is 3. The zero-order chi connectivity index (χ0) is 19.3. The summed E-state index contributed by atoms with van der Waals surface area (Å²) in [6, 6.07) is 8.28. The average Bonchev–Trinajstić information content (AvgIpc) is 3.32. The van der Waals surface area contributed by atoms with Crippen LogP contribution in [0.15, 0.2) is 30.3 Å². The molecule has 5 atom stereocenters. The monoisotopic (exact) mass is 372 g/mol. The minimum atomic E-state index is -1.66. The molecule has 3 aliphatic heterocycles. The van der Waals surface area contributed by atoms with Crippen molar-refractivity contribution in [3.8, 4) is 0 Å². The lowest BCUT2D eigenvalue weighted by Crippen LogP contribution is -2.53. The Bertz CT molecular complexity index is 797. The van der Waals surface area contributed by atoms with Crippen LogP contribution in [0.3, 0.4) is 0 Å². The molecule has 3 amide bonds. The minimum Gasteiger partial charge on any atom is -0.479 e. The van der Waals surface area contributed by atoms with E-state index in [0.29, 0.717) is 5.56 Å². The maximum Gasteiger partial charge on any atom is 0.333 e. The summed E-state index contributed by atoms with van der Waals surface area (Å²) in [5.74, 6) is -3.75. The standard InChI is InChI=1S/C19H20N2O6/c1-19(18(25)26,10-5-3-2-4-6-10)20-13(22)9-21-16(23)14-11-7-8-12(27-11)15(14)17(21)24/h2-6,11-12,14-15H,7-9H2,1H3,(H,20,22)(H,25,26). The van der Waals surface area contributed by atoms with Gasteiger partial charge in [-0.25, -0.2) is 4.79 Å². The third-order valence-electron chi connectivity index (χ3n) is 5.85. The molecular formula is C19H20N2O6. The number of carboxylic acid groups (broad SMARTS) is 1. The van der Waals surface area contributed by atoms with E-state index in [0.717, 1.165) is 17.7 Å². The molecule has 1 aromatic carbocycles. The minimum absolute atomic E-state index is 0.252. The Kier molecular flexibility index (Phi) is 4.03. The summed E-state index contributed by atoms with van der Waals surface area (Å²) >= 11 is 0. The molecule has 3 fully saturated rings. The Hall–Kier alpha value is -2.74. The van der Waals surface area contributed by atoms with E-state index in [1.807, 2.05) is 0 Å². The van der Waals surface area contributed by atoms with E-state index >= 15 is 0 Å². The van der Waals surface area contributed by atoms with Crippen molar-refractivity contribution in [1.29, 1.82) is 0 Å². The molecule has 8 nitrogen and oxygen atoms in total. The maximum absolute atomic E-state index is 12.6. The summed E-state index contributed by atoms with van der Waals surface area (Å²) in [4.78, 5) is 50.5. The first-order chi connectivity index (χ1) is 12.8. The second-order valence-corrected chi connectivity index (χ2v) is 7.45. The Balaban J connectivity index is 1.50. The average molecular weight is 372 g/mol. The van der Waals surface area contributed by atoms with Crippen LogP contribution >= 0.6 is 0 Å². The van der Waals surface area contributed by atoms with E-state index < -0.39 is 47.6 Å². The number of ether oxygens (including phenoxy) is 1. The van der Waals surface area contributed by atoms with E-state index in [1.165, 1.54) is 6.92 Å². The van der Waals surface area contributed by atoms with Gasteiger partial charge in [-0.05, 0) is 25.3 Å². The van der Waals surface area contributed by atoms with Crippen molar-refractivity contribution in [2.24, 2.45) is 11.8 Å². The second kappa shape index (κ2) is 6.16. The zero-order valence-electron chi connectivity index (χ0n) is 14.8. The molecule has 0 saturated carbocycles. The summed E-state index contributed by atoms with van der Waals surface area (Å²) in [6.45, 7) is 0.888. The molecule has 0 aromatic heterocycles. The highest BCUT2D eigenvalue weighted by molar-refractivity contribution is 6.08. The maximum atomic E-state index is 12.6. The van der Waals surface area contributed by atoms with Crippen molar-refractivity contribution >= 4 is 23.7 Å². The van der Waals surface area contributed by atoms with Crippen LogP contribution in [0.2, 0.25) is 0 Å². The molecule has 8 heteroatoms. The predicted octanol–water partition coefficient (Wildman–Crippen LogP) is 0.265. The van der Waals surface area contributed by atoms with Crippen LogP contribution in [-0.4, -0.2) is 52.4 Å². The van der Waals surface area contributed by atoms with Crippen LogP contribution in [0.4, 0.5) is 0 Å². The van der Waals surface area contributed by atoms with Gasteiger partial charge in [-0.3, -0.25) is 19.3 Å². The third kappa shape index (κ3) is 2.63. The number of fused-ring (bicyclic) bond motifs is 5. The fraction of sp³-hybridized carbons (Fsp3) is 0.474. The molecule has 2 N–H and O–H groups in total. The number of carbonyl (C=O) groups is 4. The van der Waals surface area contributed by atoms with Crippen LogP contribution in [-0.2, 0) is 29.5 Å². The van der Waals surface area contributed by atoms with Crippen molar-refractivity contribution in [1.82, 2.24) is 10.2 Å². The highest BCUT2D eigenvalue weighted by Gasteiger charge is 2.62. The van der Waals surface area contributed by atoms with E-state index in [-0.39, 0.29) is 12.2 Å². The molecule has 2 bridgehead atoms. The lowest BCUT2D eigenvalue weighted by Gasteiger charge is -2.28. The van der Waals surface area contributed by atoms with Crippen LogP contribution in [0.5, 0.6) is 0 Å². The fourth-order valence-electron chi connectivity index (χ4n) is 4.41. The number of aliphatic carboxylic acids is 1. The molecule has 3 aliphatic rings.